The fraction of sp³-hybridized carbons (Fsp3) is 0.682. The van der Waals surface area contributed by atoms with Crippen molar-refractivity contribution in [3.63, 3.8) is 0 Å². The van der Waals surface area contributed by atoms with Gasteiger partial charge in [-0.1, -0.05) is 63.3 Å². The number of hydrogen-bond donors (Lipinski definition) is 1. The van der Waals surface area contributed by atoms with E-state index in [1.54, 1.807) is 0 Å². The number of hydrogen-bond acceptors (Lipinski definition) is 2. The van der Waals surface area contributed by atoms with Gasteiger partial charge in [0.1, 0.15) is 5.72 Å². The standard InChI is InChI=1S/C22H35NO3/c1-4-5-6-7-8-9-10-18-11-13-19(14-12-18)15-16-20-17-26-22(2,3)23(20)21(24)25/h11-14,20H,4-10,15-17H2,1-3H3,(H,24,25). The normalized spacial score (nSPS) is 19.0. The van der Waals surface area contributed by atoms with Gasteiger partial charge in [0.25, 0.3) is 0 Å². The summed E-state index contributed by atoms with van der Waals surface area (Å²) >= 11 is 0. The molecule has 146 valence electrons. The first kappa shape index (κ1) is 20.8. The Kier molecular flexibility index (Phi) is 7.95. The highest BCUT2D eigenvalue weighted by Gasteiger charge is 2.43. The highest BCUT2D eigenvalue weighted by Crippen LogP contribution is 2.29. The Labute approximate surface area is 158 Å². The van der Waals surface area contributed by atoms with Crippen LogP contribution in [0.3, 0.4) is 0 Å². The third-order valence-electron chi connectivity index (χ3n) is 5.39. The number of aryl methyl sites for hydroxylation is 2. The average molecular weight is 362 g/mol. The molecule has 0 aromatic heterocycles. The van der Waals surface area contributed by atoms with E-state index < -0.39 is 11.8 Å². The molecule has 1 N–H and O–H groups in total. The van der Waals surface area contributed by atoms with Gasteiger partial charge in [0.15, 0.2) is 0 Å². The molecule has 4 nitrogen and oxygen atoms in total. The van der Waals surface area contributed by atoms with Crippen LogP contribution in [-0.2, 0) is 17.6 Å². The first-order chi connectivity index (χ1) is 12.4. The van der Waals surface area contributed by atoms with Gasteiger partial charge in [-0.05, 0) is 50.7 Å². The van der Waals surface area contributed by atoms with Crippen LogP contribution in [0.4, 0.5) is 4.79 Å². The number of nitrogens with zero attached hydrogens (tertiary/aromatic N) is 1. The van der Waals surface area contributed by atoms with Gasteiger partial charge in [-0.2, -0.15) is 0 Å². The van der Waals surface area contributed by atoms with Crippen molar-refractivity contribution in [2.24, 2.45) is 0 Å². The minimum absolute atomic E-state index is 0.0645. The van der Waals surface area contributed by atoms with Gasteiger partial charge in [0.05, 0.1) is 12.6 Å². The van der Waals surface area contributed by atoms with Crippen LogP contribution >= 0.6 is 0 Å². The van der Waals surface area contributed by atoms with Crippen molar-refractivity contribution in [3.05, 3.63) is 35.4 Å². The van der Waals surface area contributed by atoms with E-state index in [2.05, 4.69) is 31.2 Å². The molecule has 1 aromatic rings. The molecule has 1 unspecified atom stereocenters. The maximum Gasteiger partial charge on any atom is 0.409 e. The van der Waals surface area contributed by atoms with E-state index in [4.69, 9.17) is 4.74 Å². The molecule has 1 amide bonds. The van der Waals surface area contributed by atoms with E-state index in [1.165, 1.54) is 54.6 Å². The Balaban J connectivity index is 1.74. The molecule has 0 radical (unpaired) electrons. The van der Waals surface area contributed by atoms with Gasteiger partial charge < -0.3 is 9.84 Å². The van der Waals surface area contributed by atoms with E-state index in [-0.39, 0.29) is 6.04 Å². The summed E-state index contributed by atoms with van der Waals surface area (Å²) < 4.78 is 5.66. The molecule has 1 saturated heterocycles. The zero-order chi connectivity index (χ0) is 19.0. The van der Waals surface area contributed by atoms with Crippen LogP contribution in [-0.4, -0.2) is 34.5 Å². The van der Waals surface area contributed by atoms with Gasteiger partial charge in [-0.3, -0.25) is 4.90 Å². The van der Waals surface area contributed by atoms with E-state index in [0.717, 1.165) is 19.3 Å². The summed E-state index contributed by atoms with van der Waals surface area (Å²) in [5, 5.41) is 9.45. The molecule has 0 saturated carbocycles. The summed E-state index contributed by atoms with van der Waals surface area (Å²) in [6.45, 7) is 6.37. The minimum atomic E-state index is -0.896. The molecule has 1 heterocycles. The van der Waals surface area contributed by atoms with Gasteiger partial charge in [0, 0.05) is 0 Å². The number of unbranched alkanes of at least 4 members (excludes halogenated alkanes) is 5. The fourth-order valence-electron chi connectivity index (χ4n) is 3.80. The Hall–Kier alpha value is -1.55. The molecule has 4 heteroatoms. The Morgan fingerprint density at radius 3 is 2.27 bits per heavy atom. The third kappa shape index (κ3) is 6.01. The smallest absolute Gasteiger partial charge is 0.409 e. The Morgan fingerprint density at radius 2 is 1.65 bits per heavy atom. The summed E-state index contributed by atoms with van der Waals surface area (Å²) in [6.07, 6.45) is 9.91. The van der Waals surface area contributed by atoms with E-state index in [0.29, 0.717) is 6.61 Å². The number of rotatable bonds is 10. The molecule has 26 heavy (non-hydrogen) atoms. The van der Waals surface area contributed by atoms with Crippen LogP contribution in [0.25, 0.3) is 0 Å². The van der Waals surface area contributed by atoms with Gasteiger partial charge >= 0.3 is 6.09 Å². The summed E-state index contributed by atoms with van der Waals surface area (Å²) in [6, 6.07) is 8.78. The molecule has 0 spiro atoms. The quantitative estimate of drug-likeness (QED) is 0.549. The van der Waals surface area contributed by atoms with Crippen molar-refractivity contribution in [1.29, 1.82) is 0 Å². The van der Waals surface area contributed by atoms with Crippen molar-refractivity contribution < 1.29 is 14.6 Å². The largest absolute Gasteiger partial charge is 0.465 e. The van der Waals surface area contributed by atoms with Crippen LogP contribution in [0.2, 0.25) is 0 Å². The third-order valence-corrected chi connectivity index (χ3v) is 5.39. The second kappa shape index (κ2) is 9.96. The van der Waals surface area contributed by atoms with Gasteiger partial charge in [-0.25, -0.2) is 4.79 Å². The molecule has 1 aromatic carbocycles. The maximum absolute atomic E-state index is 11.5. The molecule has 1 aliphatic heterocycles. The fourth-order valence-corrected chi connectivity index (χ4v) is 3.80. The van der Waals surface area contributed by atoms with E-state index >= 15 is 0 Å². The van der Waals surface area contributed by atoms with Crippen LogP contribution in [0.1, 0.15) is 76.8 Å². The molecule has 0 bridgehead atoms. The maximum atomic E-state index is 11.5. The molecule has 1 aliphatic rings. The summed E-state index contributed by atoms with van der Waals surface area (Å²) in [5.41, 5.74) is 1.95. The van der Waals surface area contributed by atoms with Crippen molar-refractivity contribution in [1.82, 2.24) is 4.90 Å². The van der Waals surface area contributed by atoms with Crippen LogP contribution in [0, 0.1) is 0 Å². The number of ether oxygens (including phenoxy) is 1. The highest BCUT2D eigenvalue weighted by atomic mass is 16.5. The zero-order valence-electron chi connectivity index (χ0n) is 16.7. The molecule has 0 aliphatic carbocycles. The predicted molar refractivity (Wildman–Crippen MR) is 106 cm³/mol. The summed E-state index contributed by atoms with van der Waals surface area (Å²) in [7, 11) is 0. The van der Waals surface area contributed by atoms with Crippen molar-refractivity contribution in [2.45, 2.75) is 90.3 Å². The highest BCUT2D eigenvalue weighted by molar-refractivity contribution is 5.66. The second-order valence-electron chi connectivity index (χ2n) is 7.94. The number of benzene rings is 1. The predicted octanol–water partition coefficient (Wildman–Crippen LogP) is 5.64. The second-order valence-corrected chi connectivity index (χ2v) is 7.94. The summed E-state index contributed by atoms with van der Waals surface area (Å²) in [5.74, 6) is 0. The lowest BCUT2D eigenvalue weighted by molar-refractivity contribution is -0.0421. The van der Waals surface area contributed by atoms with Crippen molar-refractivity contribution >= 4 is 6.09 Å². The molecule has 2 rings (SSSR count). The van der Waals surface area contributed by atoms with Crippen LogP contribution < -0.4 is 0 Å². The van der Waals surface area contributed by atoms with Crippen molar-refractivity contribution in [3.8, 4) is 0 Å². The number of carbonyl (C=O) groups is 1. The topological polar surface area (TPSA) is 49.8 Å². The van der Waals surface area contributed by atoms with Crippen molar-refractivity contribution in [2.75, 3.05) is 6.61 Å². The number of amides is 1. The van der Waals surface area contributed by atoms with Crippen LogP contribution in [0.15, 0.2) is 24.3 Å². The monoisotopic (exact) mass is 361 g/mol. The van der Waals surface area contributed by atoms with E-state index in [1.807, 2.05) is 13.8 Å². The minimum Gasteiger partial charge on any atom is -0.465 e. The lowest BCUT2D eigenvalue weighted by Crippen LogP contribution is -2.47. The molecular formula is C22H35NO3. The van der Waals surface area contributed by atoms with Gasteiger partial charge in [-0.15, -0.1) is 0 Å². The number of carboxylic acid groups (broad SMARTS) is 1. The SMILES string of the molecule is CCCCCCCCc1ccc(CCC2COC(C)(C)N2C(=O)O)cc1. The Bertz CT molecular complexity index is 553. The average Bonchev–Trinajstić information content (AvgIpc) is 2.92. The first-order valence-electron chi connectivity index (χ1n) is 10.2. The first-order valence-corrected chi connectivity index (χ1v) is 10.2. The summed E-state index contributed by atoms with van der Waals surface area (Å²) in [4.78, 5) is 13.0. The van der Waals surface area contributed by atoms with E-state index in [9.17, 15) is 9.90 Å². The van der Waals surface area contributed by atoms with Crippen LogP contribution in [0.5, 0.6) is 0 Å². The van der Waals surface area contributed by atoms with Gasteiger partial charge in [0.2, 0.25) is 0 Å². The lowest BCUT2D eigenvalue weighted by atomic mass is 10.0. The zero-order valence-corrected chi connectivity index (χ0v) is 16.7. The molecular weight excluding hydrogens is 326 g/mol. The lowest BCUT2D eigenvalue weighted by Gasteiger charge is -2.31. The molecule has 1 atom stereocenters. The molecule has 1 fully saturated rings. The Morgan fingerprint density at radius 1 is 1.08 bits per heavy atom.